The van der Waals surface area contributed by atoms with Gasteiger partial charge in [-0.25, -0.2) is 8.42 Å². The van der Waals surface area contributed by atoms with Crippen molar-refractivity contribution in [3.8, 4) is 0 Å². The third-order valence-electron chi connectivity index (χ3n) is 3.20. The predicted octanol–water partition coefficient (Wildman–Crippen LogP) is 2.39. The van der Waals surface area contributed by atoms with E-state index in [2.05, 4.69) is 0 Å². The number of alkyl halides is 3. The van der Waals surface area contributed by atoms with E-state index in [1.165, 1.54) is 0 Å². The van der Waals surface area contributed by atoms with Gasteiger partial charge < -0.3 is 5.11 Å². The van der Waals surface area contributed by atoms with E-state index in [4.69, 9.17) is 5.11 Å². The number of hydrogen-bond donors (Lipinski definition) is 1. The standard InChI is InChI=1S/C11H12F3NO4S2/c12-11(13,14)8-4-5-10(20-8)21(18,19)15(6-9(16)17)7-2-1-3-7/h4-5,7H,1-3,6H2,(H,16,17). The van der Waals surface area contributed by atoms with Gasteiger partial charge in [0.05, 0.1) is 0 Å². The van der Waals surface area contributed by atoms with Crippen LogP contribution in [0, 0.1) is 0 Å². The Morgan fingerprint density at radius 2 is 2.00 bits per heavy atom. The molecule has 1 saturated carbocycles. The van der Waals surface area contributed by atoms with Crippen molar-refractivity contribution in [1.82, 2.24) is 4.31 Å². The average molecular weight is 343 g/mol. The fourth-order valence-corrected chi connectivity index (χ4v) is 4.88. The van der Waals surface area contributed by atoms with Crippen molar-refractivity contribution in [3.63, 3.8) is 0 Å². The van der Waals surface area contributed by atoms with E-state index in [1.54, 1.807) is 0 Å². The molecule has 0 bridgehead atoms. The molecule has 0 radical (unpaired) electrons. The van der Waals surface area contributed by atoms with Crippen molar-refractivity contribution in [2.24, 2.45) is 0 Å². The lowest BCUT2D eigenvalue weighted by atomic mass is 9.93. The molecule has 2 rings (SSSR count). The minimum absolute atomic E-state index is 0.107. The molecule has 0 amide bonds. The number of sulfonamides is 1. The molecule has 0 spiro atoms. The Hall–Kier alpha value is -1.13. The quantitative estimate of drug-likeness (QED) is 0.891. The van der Waals surface area contributed by atoms with E-state index in [0.717, 1.165) is 16.8 Å². The van der Waals surface area contributed by atoms with Crippen LogP contribution in [0.3, 0.4) is 0 Å². The molecule has 1 aliphatic rings. The molecule has 1 aliphatic carbocycles. The van der Waals surface area contributed by atoms with Crippen LogP contribution in [0.5, 0.6) is 0 Å². The van der Waals surface area contributed by atoms with Crippen LogP contribution in [0.15, 0.2) is 16.3 Å². The molecular weight excluding hydrogens is 331 g/mol. The maximum atomic E-state index is 12.5. The van der Waals surface area contributed by atoms with Crippen molar-refractivity contribution in [3.05, 3.63) is 17.0 Å². The average Bonchev–Trinajstić information content (AvgIpc) is 2.74. The Morgan fingerprint density at radius 3 is 2.38 bits per heavy atom. The van der Waals surface area contributed by atoms with Crippen molar-refractivity contribution in [2.45, 2.75) is 35.7 Å². The summed E-state index contributed by atoms with van der Waals surface area (Å²) < 4.78 is 62.6. The van der Waals surface area contributed by atoms with Gasteiger partial charge >= 0.3 is 12.1 Å². The smallest absolute Gasteiger partial charge is 0.425 e. The topological polar surface area (TPSA) is 74.7 Å². The number of carbonyl (C=O) groups is 1. The summed E-state index contributed by atoms with van der Waals surface area (Å²) in [6.45, 7) is -0.744. The maximum Gasteiger partial charge on any atom is 0.425 e. The summed E-state index contributed by atoms with van der Waals surface area (Å²) in [5.41, 5.74) is 0. The molecular formula is C11H12F3NO4S2. The monoisotopic (exact) mass is 343 g/mol. The Labute approximate surface area is 123 Å². The molecule has 5 nitrogen and oxygen atoms in total. The summed E-state index contributed by atoms with van der Waals surface area (Å²) in [5.74, 6) is -1.34. The summed E-state index contributed by atoms with van der Waals surface area (Å²) in [7, 11) is -4.22. The second kappa shape index (κ2) is 5.58. The summed E-state index contributed by atoms with van der Waals surface area (Å²) in [6.07, 6.45) is -2.81. The molecule has 1 heterocycles. The molecule has 10 heteroatoms. The predicted molar refractivity (Wildman–Crippen MR) is 68.5 cm³/mol. The normalized spacial score (nSPS) is 17.0. The summed E-state index contributed by atoms with van der Waals surface area (Å²) in [6, 6.07) is 1.11. The molecule has 1 aromatic heterocycles. The second-order valence-corrected chi connectivity index (χ2v) is 7.85. The number of carboxylic acid groups (broad SMARTS) is 1. The van der Waals surface area contributed by atoms with Crippen LogP contribution in [0.25, 0.3) is 0 Å². The highest BCUT2D eigenvalue weighted by molar-refractivity contribution is 7.91. The molecule has 0 saturated heterocycles. The highest BCUT2D eigenvalue weighted by atomic mass is 32.2. The minimum Gasteiger partial charge on any atom is -0.480 e. The molecule has 0 aliphatic heterocycles. The van der Waals surface area contributed by atoms with E-state index in [-0.39, 0.29) is 11.3 Å². The van der Waals surface area contributed by atoms with E-state index in [9.17, 15) is 26.4 Å². The van der Waals surface area contributed by atoms with Crippen LogP contribution in [0.4, 0.5) is 13.2 Å². The first-order valence-corrected chi connectivity index (χ1v) is 8.28. The van der Waals surface area contributed by atoms with Gasteiger partial charge in [-0.1, -0.05) is 6.42 Å². The first kappa shape index (κ1) is 16.2. The third kappa shape index (κ3) is 3.38. The van der Waals surface area contributed by atoms with Crippen molar-refractivity contribution < 1.29 is 31.5 Å². The molecule has 0 atom stereocenters. The Balaban J connectivity index is 2.33. The number of aliphatic carboxylic acids is 1. The van der Waals surface area contributed by atoms with Crippen LogP contribution >= 0.6 is 11.3 Å². The summed E-state index contributed by atoms with van der Waals surface area (Å²) in [4.78, 5) is 9.79. The zero-order valence-electron chi connectivity index (χ0n) is 10.6. The SMILES string of the molecule is O=C(O)CN(C1CCC1)S(=O)(=O)c1ccc(C(F)(F)F)s1. The van der Waals surface area contributed by atoms with Gasteiger partial charge in [0.25, 0.3) is 10.0 Å². The van der Waals surface area contributed by atoms with Crippen molar-refractivity contribution >= 4 is 27.3 Å². The zero-order chi connectivity index (χ0) is 15.8. The minimum atomic E-state index is -4.62. The van der Waals surface area contributed by atoms with Gasteiger partial charge in [0.15, 0.2) is 0 Å². The number of carboxylic acids is 1. The number of nitrogens with zero attached hydrogens (tertiary/aromatic N) is 1. The van der Waals surface area contributed by atoms with Gasteiger partial charge in [-0.3, -0.25) is 4.79 Å². The molecule has 21 heavy (non-hydrogen) atoms. The molecule has 1 N–H and O–H groups in total. The van der Waals surface area contributed by atoms with Gasteiger partial charge in [-0.2, -0.15) is 17.5 Å². The van der Waals surface area contributed by atoms with Crippen LogP contribution < -0.4 is 0 Å². The fourth-order valence-electron chi connectivity index (χ4n) is 1.95. The van der Waals surface area contributed by atoms with E-state index in [0.29, 0.717) is 18.9 Å². The van der Waals surface area contributed by atoms with Crippen LogP contribution in [0.1, 0.15) is 24.1 Å². The van der Waals surface area contributed by atoms with Crippen LogP contribution in [-0.2, 0) is 21.0 Å². The van der Waals surface area contributed by atoms with Gasteiger partial charge in [0, 0.05) is 6.04 Å². The lowest BCUT2D eigenvalue weighted by molar-refractivity contribution is -0.138. The zero-order valence-corrected chi connectivity index (χ0v) is 12.3. The van der Waals surface area contributed by atoms with Crippen molar-refractivity contribution in [1.29, 1.82) is 0 Å². The summed E-state index contributed by atoms with van der Waals surface area (Å²) >= 11 is 0.107. The second-order valence-electron chi connectivity index (χ2n) is 4.65. The lowest BCUT2D eigenvalue weighted by Gasteiger charge is -2.35. The van der Waals surface area contributed by atoms with E-state index in [1.807, 2.05) is 0 Å². The number of hydrogen-bond acceptors (Lipinski definition) is 4. The number of thiophene rings is 1. The Morgan fingerprint density at radius 1 is 1.38 bits per heavy atom. The van der Waals surface area contributed by atoms with Gasteiger partial charge in [0.2, 0.25) is 0 Å². The highest BCUT2D eigenvalue weighted by Gasteiger charge is 2.39. The maximum absolute atomic E-state index is 12.5. The van der Waals surface area contributed by atoms with Crippen LogP contribution in [0.2, 0.25) is 0 Å². The van der Waals surface area contributed by atoms with E-state index < -0.39 is 43.8 Å². The molecule has 1 aromatic rings. The highest BCUT2D eigenvalue weighted by Crippen LogP contribution is 2.38. The summed E-state index contributed by atoms with van der Waals surface area (Å²) in [5, 5.41) is 8.81. The first-order valence-electron chi connectivity index (χ1n) is 6.03. The third-order valence-corrected chi connectivity index (χ3v) is 6.69. The van der Waals surface area contributed by atoms with Crippen LogP contribution in [-0.4, -0.2) is 36.4 Å². The van der Waals surface area contributed by atoms with E-state index >= 15 is 0 Å². The Kier molecular flexibility index (Phi) is 4.31. The first-order chi connectivity index (χ1) is 9.62. The molecule has 118 valence electrons. The van der Waals surface area contributed by atoms with Gasteiger partial charge in [-0.05, 0) is 25.0 Å². The lowest BCUT2D eigenvalue weighted by Crippen LogP contribution is -2.46. The molecule has 0 unspecified atom stereocenters. The molecule has 0 aromatic carbocycles. The number of rotatable bonds is 5. The number of halogens is 3. The van der Waals surface area contributed by atoms with Crippen molar-refractivity contribution in [2.75, 3.05) is 6.54 Å². The molecule has 1 fully saturated rings. The van der Waals surface area contributed by atoms with Gasteiger partial charge in [-0.15, -0.1) is 11.3 Å². The Bertz CT molecular complexity index is 634. The largest absolute Gasteiger partial charge is 0.480 e. The fraction of sp³-hybridized carbons (Fsp3) is 0.545. The van der Waals surface area contributed by atoms with Gasteiger partial charge in [0.1, 0.15) is 15.6 Å².